The Labute approximate surface area is 137 Å². The van der Waals surface area contributed by atoms with E-state index in [1.807, 2.05) is 0 Å². The first-order valence-electron chi connectivity index (χ1n) is 7.63. The average Bonchev–Trinajstić information content (AvgIpc) is 3.03. The molecule has 24 heavy (non-hydrogen) atoms. The van der Waals surface area contributed by atoms with Crippen LogP contribution in [0.3, 0.4) is 0 Å². The van der Waals surface area contributed by atoms with E-state index >= 15 is 0 Å². The zero-order valence-corrected chi connectivity index (χ0v) is 12.9. The molecule has 1 saturated heterocycles. The molecule has 2 heterocycles. The van der Waals surface area contributed by atoms with Crippen LogP contribution in [-0.4, -0.2) is 35.9 Å². The molecule has 1 aromatic heterocycles. The molecule has 128 valence electrons. The lowest BCUT2D eigenvalue weighted by Gasteiger charge is -2.34. The molecule has 2 aromatic rings. The Morgan fingerprint density at radius 2 is 1.92 bits per heavy atom. The summed E-state index contributed by atoms with van der Waals surface area (Å²) >= 11 is 0. The molecule has 0 atom stereocenters. The molecule has 8 heteroatoms. The molecule has 0 unspecified atom stereocenters. The second-order valence-corrected chi connectivity index (χ2v) is 5.88. The third-order valence-electron chi connectivity index (χ3n) is 4.32. The van der Waals surface area contributed by atoms with Gasteiger partial charge in [-0.15, -0.1) is 0 Å². The second-order valence-electron chi connectivity index (χ2n) is 5.88. The smallest absolute Gasteiger partial charge is 0.233 e. The lowest BCUT2D eigenvalue weighted by Crippen LogP contribution is -2.46. The summed E-state index contributed by atoms with van der Waals surface area (Å²) in [5.74, 6) is -1.32. The summed E-state index contributed by atoms with van der Waals surface area (Å²) in [4.78, 5) is 12.6. The number of carbonyl (C=O) groups excluding carboxylic acids is 1. The van der Waals surface area contributed by atoms with E-state index in [1.54, 1.807) is 0 Å². The number of aromatic amines is 1. The van der Waals surface area contributed by atoms with E-state index in [-0.39, 0.29) is 18.3 Å². The largest absolute Gasteiger partial charge is 0.381 e. The number of aromatic nitrogens is 2. The summed E-state index contributed by atoms with van der Waals surface area (Å²) in [6, 6.07) is 4.68. The van der Waals surface area contributed by atoms with Gasteiger partial charge in [0.2, 0.25) is 5.91 Å². The lowest BCUT2D eigenvalue weighted by atomic mass is 9.79. The Morgan fingerprint density at radius 3 is 2.54 bits per heavy atom. The summed E-state index contributed by atoms with van der Waals surface area (Å²) in [5.41, 5.74) is 5.82. The minimum Gasteiger partial charge on any atom is -0.381 e. The number of anilines is 1. The highest BCUT2D eigenvalue weighted by Gasteiger charge is 2.39. The van der Waals surface area contributed by atoms with Crippen LogP contribution >= 0.6 is 0 Å². The van der Waals surface area contributed by atoms with Crippen LogP contribution < -0.4 is 11.1 Å². The fraction of sp³-hybridized carbons (Fsp3) is 0.375. The first-order valence-corrected chi connectivity index (χ1v) is 7.63. The van der Waals surface area contributed by atoms with E-state index in [0.717, 1.165) is 6.07 Å². The fourth-order valence-electron chi connectivity index (χ4n) is 2.78. The molecule has 0 saturated carbocycles. The zero-order chi connectivity index (χ0) is 17.2. The summed E-state index contributed by atoms with van der Waals surface area (Å²) in [6.07, 6.45) is 1.09. The van der Waals surface area contributed by atoms with E-state index in [0.29, 0.717) is 37.3 Å². The van der Waals surface area contributed by atoms with Gasteiger partial charge in [-0.2, -0.15) is 5.10 Å². The number of ether oxygens (including phenoxy) is 1. The molecule has 0 spiro atoms. The predicted molar refractivity (Wildman–Crippen MR) is 84.1 cm³/mol. The van der Waals surface area contributed by atoms with Gasteiger partial charge in [-0.3, -0.25) is 9.89 Å². The van der Waals surface area contributed by atoms with Crippen LogP contribution in [0.4, 0.5) is 14.6 Å². The monoisotopic (exact) mass is 336 g/mol. The Kier molecular flexibility index (Phi) is 4.59. The maximum absolute atomic E-state index is 13.3. The predicted octanol–water partition coefficient (Wildman–Crippen LogP) is 2.05. The topological polar surface area (TPSA) is 93.0 Å². The van der Waals surface area contributed by atoms with Crippen molar-refractivity contribution in [2.24, 2.45) is 11.1 Å². The van der Waals surface area contributed by atoms with Crippen molar-refractivity contribution in [3.8, 4) is 11.3 Å². The van der Waals surface area contributed by atoms with Crippen LogP contribution in [-0.2, 0) is 9.53 Å². The molecular formula is C16H18F2N4O2. The number of halogens is 2. The van der Waals surface area contributed by atoms with Crippen molar-refractivity contribution in [3.05, 3.63) is 35.9 Å². The van der Waals surface area contributed by atoms with E-state index in [9.17, 15) is 13.6 Å². The van der Waals surface area contributed by atoms with Crippen molar-refractivity contribution >= 4 is 11.7 Å². The van der Waals surface area contributed by atoms with Crippen molar-refractivity contribution in [2.45, 2.75) is 12.8 Å². The first-order chi connectivity index (χ1) is 11.5. The molecule has 0 radical (unpaired) electrons. The van der Waals surface area contributed by atoms with Gasteiger partial charge in [0.15, 0.2) is 5.82 Å². The van der Waals surface area contributed by atoms with Gasteiger partial charge in [0.1, 0.15) is 11.6 Å². The maximum Gasteiger partial charge on any atom is 0.233 e. The normalized spacial score (nSPS) is 16.8. The molecular weight excluding hydrogens is 318 g/mol. The molecule has 1 fully saturated rings. The number of nitrogens with one attached hydrogen (secondary N) is 2. The maximum atomic E-state index is 13.3. The minimum absolute atomic E-state index is 0.217. The molecule has 1 aromatic carbocycles. The van der Waals surface area contributed by atoms with Crippen LogP contribution in [0.2, 0.25) is 0 Å². The van der Waals surface area contributed by atoms with Crippen LogP contribution in [0.25, 0.3) is 11.3 Å². The molecule has 0 aliphatic carbocycles. The van der Waals surface area contributed by atoms with Gasteiger partial charge < -0.3 is 15.8 Å². The van der Waals surface area contributed by atoms with Crippen LogP contribution in [0.5, 0.6) is 0 Å². The van der Waals surface area contributed by atoms with Crippen LogP contribution in [0, 0.1) is 17.0 Å². The average molecular weight is 336 g/mol. The fourth-order valence-corrected chi connectivity index (χ4v) is 2.78. The highest BCUT2D eigenvalue weighted by Crippen LogP contribution is 2.31. The van der Waals surface area contributed by atoms with E-state index in [2.05, 4.69) is 15.5 Å². The van der Waals surface area contributed by atoms with Gasteiger partial charge in [0.05, 0.1) is 11.1 Å². The SMILES string of the molecule is NCC1(C(=O)Nc2cc(-c3cc(F)cc(F)c3)[nH]n2)CCOCC1. The van der Waals surface area contributed by atoms with Crippen molar-refractivity contribution < 1.29 is 18.3 Å². The molecule has 6 nitrogen and oxygen atoms in total. The van der Waals surface area contributed by atoms with Gasteiger partial charge in [0.25, 0.3) is 0 Å². The molecule has 1 amide bonds. The van der Waals surface area contributed by atoms with Gasteiger partial charge in [0, 0.05) is 37.5 Å². The Morgan fingerprint density at radius 1 is 1.25 bits per heavy atom. The number of H-pyrrole nitrogens is 1. The zero-order valence-electron chi connectivity index (χ0n) is 12.9. The van der Waals surface area contributed by atoms with Crippen molar-refractivity contribution in [1.82, 2.24) is 10.2 Å². The van der Waals surface area contributed by atoms with Crippen molar-refractivity contribution in [3.63, 3.8) is 0 Å². The number of carbonyl (C=O) groups is 1. The number of hydrogen-bond acceptors (Lipinski definition) is 4. The van der Waals surface area contributed by atoms with Gasteiger partial charge in [-0.25, -0.2) is 8.78 Å². The van der Waals surface area contributed by atoms with Gasteiger partial charge in [-0.1, -0.05) is 0 Å². The lowest BCUT2D eigenvalue weighted by molar-refractivity contribution is -0.130. The number of rotatable bonds is 4. The Balaban J connectivity index is 1.77. The molecule has 0 bridgehead atoms. The molecule has 3 rings (SSSR count). The number of hydrogen-bond donors (Lipinski definition) is 3. The van der Waals surface area contributed by atoms with Crippen molar-refractivity contribution in [2.75, 3.05) is 25.1 Å². The Bertz CT molecular complexity index is 721. The number of benzene rings is 1. The first kappa shape index (κ1) is 16.5. The minimum atomic E-state index is -0.686. The summed E-state index contributed by atoms with van der Waals surface area (Å²) in [6.45, 7) is 1.19. The van der Waals surface area contributed by atoms with Gasteiger partial charge >= 0.3 is 0 Å². The standard InChI is InChI=1S/C16H18F2N4O2/c17-11-5-10(6-12(18)7-11)13-8-14(22-21-13)20-15(23)16(9-19)1-3-24-4-2-16/h5-8H,1-4,9,19H2,(H2,20,21,22,23). The summed E-state index contributed by atoms with van der Waals surface area (Å²) < 4.78 is 31.9. The van der Waals surface area contributed by atoms with E-state index < -0.39 is 17.0 Å². The molecule has 4 N–H and O–H groups in total. The highest BCUT2D eigenvalue weighted by molar-refractivity contribution is 5.95. The highest BCUT2D eigenvalue weighted by atomic mass is 19.1. The third kappa shape index (κ3) is 3.29. The van der Waals surface area contributed by atoms with E-state index in [1.165, 1.54) is 18.2 Å². The summed E-state index contributed by atoms with van der Waals surface area (Å²) in [5, 5.41) is 9.36. The van der Waals surface area contributed by atoms with Crippen molar-refractivity contribution in [1.29, 1.82) is 0 Å². The molecule has 1 aliphatic heterocycles. The van der Waals surface area contributed by atoms with E-state index in [4.69, 9.17) is 10.5 Å². The summed E-state index contributed by atoms with van der Waals surface area (Å²) in [7, 11) is 0. The number of amides is 1. The Hall–Kier alpha value is -2.32. The van der Waals surface area contributed by atoms with Crippen LogP contribution in [0.15, 0.2) is 24.3 Å². The number of nitrogens with two attached hydrogens (primary N) is 1. The number of nitrogens with zero attached hydrogens (tertiary/aromatic N) is 1. The third-order valence-corrected chi connectivity index (χ3v) is 4.32. The van der Waals surface area contributed by atoms with Gasteiger partial charge in [-0.05, 0) is 25.0 Å². The molecule has 1 aliphatic rings. The quantitative estimate of drug-likeness (QED) is 0.797. The van der Waals surface area contributed by atoms with Crippen LogP contribution in [0.1, 0.15) is 12.8 Å². The second kappa shape index (κ2) is 6.66.